The van der Waals surface area contributed by atoms with Gasteiger partial charge in [-0.3, -0.25) is 10.1 Å². The fourth-order valence-corrected chi connectivity index (χ4v) is 1.75. The molecule has 1 aliphatic rings. The number of nitrogens with two attached hydrogens (primary N) is 1. The maximum absolute atomic E-state index is 10.5. The third kappa shape index (κ3) is 2.39. The minimum Gasteiger partial charge on any atom is -0.391 e. The molecule has 2 unspecified atom stereocenters. The summed E-state index contributed by atoms with van der Waals surface area (Å²) in [5.41, 5.74) is 7.29. The Bertz CT molecular complexity index is 397. The van der Waals surface area contributed by atoms with Gasteiger partial charge in [-0.2, -0.15) is 0 Å². The first kappa shape index (κ1) is 13.0. The Morgan fingerprint density at radius 3 is 2.80 bits per heavy atom. The van der Waals surface area contributed by atoms with Crippen molar-refractivity contribution >= 4 is 5.69 Å². The molecule has 1 aromatic carbocycles. The Morgan fingerprint density at radius 1 is 1.53 bits per heavy atom. The monoisotopic (exact) mass is 421 g/mol. The molecule has 1 aliphatic carbocycles. The first-order valence-electron chi connectivity index (χ1n) is 4.30. The van der Waals surface area contributed by atoms with Crippen LogP contribution in [0.5, 0.6) is 0 Å². The summed E-state index contributed by atoms with van der Waals surface area (Å²) < 4.78 is 0. The summed E-state index contributed by atoms with van der Waals surface area (Å²) in [5, 5.41) is 19.9. The van der Waals surface area contributed by atoms with E-state index in [0.717, 1.165) is 5.56 Å². The van der Waals surface area contributed by atoms with E-state index in [9.17, 15) is 15.2 Å². The van der Waals surface area contributed by atoms with E-state index in [4.69, 9.17) is 5.73 Å². The van der Waals surface area contributed by atoms with E-state index in [2.05, 4.69) is 0 Å². The van der Waals surface area contributed by atoms with E-state index in [0.29, 0.717) is 12.0 Å². The number of fused-ring (bicyclic) bond motifs is 1. The molecule has 5 nitrogen and oxygen atoms in total. The number of rotatable bonds is 1. The van der Waals surface area contributed by atoms with Crippen LogP contribution in [-0.2, 0) is 6.42 Å². The molecule has 0 heterocycles. The molecule has 2 rings (SSSR count). The van der Waals surface area contributed by atoms with Crippen LogP contribution in [0.3, 0.4) is 0 Å². The minimum absolute atomic E-state index is 0. The van der Waals surface area contributed by atoms with E-state index in [1.807, 2.05) is 0 Å². The average Bonchev–Trinajstić information content (AvgIpc) is 2.43. The second-order valence-corrected chi connectivity index (χ2v) is 3.44. The summed E-state index contributed by atoms with van der Waals surface area (Å²) in [6.45, 7) is 0. The summed E-state index contributed by atoms with van der Waals surface area (Å²) in [6, 6.07) is 4.04. The summed E-state index contributed by atoms with van der Waals surface area (Å²) >= 11 is 0. The largest absolute Gasteiger partial charge is 0.391 e. The summed E-state index contributed by atoms with van der Waals surface area (Å²) in [6.07, 6.45) is -0.138. The summed E-state index contributed by atoms with van der Waals surface area (Å²) in [7, 11) is 0. The zero-order valence-corrected chi connectivity index (χ0v) is 12.7. The van der Waals surface area contributed by atoms with Crippen molar-refractivity contribution in [3.8, 4) is 0 Å². The van der Waals surface area contributed by atoms with Gasteiger partial charge in [0.1, 0.15) is 0 Å². The van der Waals surface area contributed by atoms with Crippen molar-refractivity contribution in [2.24, 2.45) is 5.73 Å². The normalized spacial score (nSPS) is 23.1. The van der Waals surface area contributed by atoms with Gasteiger partial charge in [0, 0.05) is 62.6 Å². The molecule has 0 fully saturated rings. The standard InChI is InChI=1S/C9H10N2O3.Ac/c10-9-7-4-6(11(13)14)2-1-5(7)3-8(9)12;/h1-2,4,8-9,12H,3,10H2;. The van der Waals surface area contributed by atoms with Crippen LogP contribution in [0.1, 0.15) is 17.2 Å². The molecule has 0 aliphatic heterocycles. The number of non-ortho nitro benzene ring substituents is 1. The van der Waals surface area contributed by atoms with Gasteiger partial charge in [0.05, 0.1) is 17.1 Å². The first-order valence-corrected chi connectivity index (χ1v) is 4.30. The molecule has 0 bridgehead atoms. The van der Waals surface area contributed by atoms with Gasteiger partial charge in [-0.15, -0.1) is 0 Å². The van der Waals surface area contributed by atoms with Crippen LogP contribution in [0.2, 0.25) is 0 Å². The van der Waals surface area contributed by atoms with Crippen LogP contribution in [0, 0.1) is 54.2 Å². The van der Waals surface area contributed by atoms with Crippen LogP contribution in [0.15, 0.2) is 18.2 Å². The molecule has 1 radical (unpaired) electrons. The molecule has 1 aromatic rings. The molecule has 0 saturated heterocycles. The Morgan fingerprint density at radius 2 is 2.20 bits per heavy atom. The number of nitro benzene ring substituents is 1. The van der Waals surface area contributed by atoms with Crippen molar-refractivity contribution in [2.45, 2.75) is 18.6 Å². The third-order valence-corrected chi connectivity index (χ3v) is 2.54. The Hall–Kier alpha value is -0.0184. The number of nitro groups is 1. The molecular weight excluding hydrogens is 411 g/mol. The fraction of sp³-hybridized carbons (Fsp3) is 0.333. The Labute approximate surface area is 122 Å². The second kappa shape index (κ2) is 4.88. The van der Waals surface area contributed by atoms with Gasteiger partial charge in [0.15, 0.2) is 0 Å². The molecule has 6 heteroatoms. The molecule has 15 heavy (non-hydrogen) atoms. The Kier molecular flexibility index (Phi) is 4.24. The van der Waals surface area contributed by atoms with Gasteiger partial charge in [-0.05, 0) is 11.1 Å². The van der Waals surface area contributed by atoms with Crippen LogP contribution >= 0.6 is 0 Å². The molecule has 3 N–H and O–H groups in total. The predicted octanol–water partition coefficient (Wildman–Crippen LogP) is 0.512. The van der Waals surface area contributed by atoms with E-state index < -0.39 is 17.1 Å². The molecule has 77 valence electrons. The zero-order valence-electron chi connectivity index (χ0n) is 7.96. The van der Waals surface area contributed by atoms with Gasteiger partial charge in [-0.25, -0.2) is 0 Å². The number of benzene rings is 1. The first-order chi connectivity index (χ1) is 6.59. The van der Waals surface area contributed by atoms with Gasteiger partial charge in [0.25, 0.3) is 5.69 Å². The van der Waals surface area contributed by atoms with Crippen molar-refractivity contribution in [3.05, 3.63) is 39.4 Å². The molecule has 2 atom stereocenters. The van der Waals surface area contributed by atoms with Crippen molar-refractivity contribution in [1.29, 1.82) is 0 Å². The maximum Gasteiger partial charge on any atom is 0.269 e. The van der Waals surface area contributed by atoms with Crippen LogP contribution in [-0.4, -0.2) is 16.1 Å². The van der Waals surface area contributed by atoms with Crippen molar-refractivity contribution in [2.75, 3.05) is 0 Å². The number of hydrogen-bond acceptors (Lipinski definition) is 4. The smallest absolute Gasteiger partial charge is 0.269 e. The number of nitrogens with zero attached hydrogens (tertiary/aromatic N) is 1. The van der Waals surface area contributed by atoms with Gasteiger partial charge < -0.3 is 10.8 Å². The third-order valence-electron chi connectivity index (χ3n) is 2.54. The van der Waals surface area contributed by atoms with Gasteiger partial charge >= 0.3 is 0 Å². The SMILES string of the molecule is NC1c2cc([N+](=O)[O-])ccc2CC1O.[Ac]. The second-order valence-electron chi connectivity index (χ2n) is 3.44. The van der Waals surface area contributed by atoms with Gasteiger partial charge in [-0.1, -0.05) is 6.07 Å². The van der Waals surface area contributed by atoms with Crippen molar-refractivity contribution in [3.63, 3.8) is 0 Å². The van der Waals surface area contributed by atoms with E-state index in [1.54, 1.807) is 6.07 Å². The van der Waals surface area contributed by atoms with Crippen molar-refractivity contribution in [1.82, 2.24) is 0 Å². The topological polar surface area (TPSA) is 89.4 Å². The van der Waals surface area contributed by atoms with E-state index >= 15 is 0 Å². The molecule has 0 saturated carbocycles. The van der Waals surface area contributed by atoms with Crippen molar-refractivity contribution < 1.29 is 54.1 Å². The Balaban J connectivity index is 0.00000112. The van der Waals surface area contributed by atoms with Gasteiger partial charge in [0.2, 0.25) is 0 Å². The summed E-state index contributed by atoms with van der Waals surface area (Å²) in [5.74, 6) is 0. The number of aliphatic hydroxyl groups excluding tert-OH is 1. The van der Waals surface area contributed by atoms with E-state index in [-0.39, 0.29) is 49.7 Å². The van der Waals surface area contributed by atoms with Crippen LogP contribution in [0.4, 0.5) is 5.69 Å². The predicted molar refractivity (Wildman–Crippen MR) is 49.7 cm³/mol. The molecule has 0 amide bonds. The van der Waals surface area contributed by atoms with E-state index in [1.165, 1.54) is 12.1 Å². The number of hydrogen-bond donors (Lipinski definition) is 2. The molecule has 0 spiro atoms. The average molecular weight is 421 g/mol. The number of aliphatic hydroxyl groups is 1. The van der Waals surface area contributed by atoms with Crippen LogP contribution < -0.4 is 5.73 Å². The molecular formula is C9H10AcN2O3. The molecule has 0 aromatic heterocycles. The summed E-state index contributed by atoms with van der Waals surface area (Å²) in [4.78, 5) is 10.0. The van der Waals surface area contributed by atoms with Crippen LogP contribution in [0.25, 0.3) is 0 Å². The maximum atomic E-state index is 10.5. The fourth-order valence-electron chi connectivity index (χ4n) is 1.75. The minimum atomic E-state index is -0.619. The zero-order chi connectivity index (χ0) is 10.3. The quantitative estimate of drug-likeness (QED) is 0.511.